The van der Waals surface area contributed by atoms with Crippen LogP contribution in [0.3, 0.4) is 0 Å². The Bertz CT molecular complexity index is 544. The Morgan fingerprint density at radius 3 is 2.86 bits per heavy atom. The second kappa shape index (κ2) is 6.78. The van der Waals surface area contributed by atoms with E-state index in [2.05, 4.69) is 10.6 Å². The van der Waals surface area contributed by atoms with Crippen molar-refractivity contribution in [1.82, 2.24) is 5.32 Å². The highest BCUT2D eigenvalue weighted by atomic mass is 35.5. The average molecular weight is 313 g/mol. The normalized spacial score (nSPS) is 19.0. The van der Waals surface area contributed by atoms with E-state index in [1.54, 1.807) is 6.07 Å². The molecule has 0 aromatic heterocycles. The van der Waals surface area contributed by atoms with E-state index in [0.717, 1.165) is 13.0 Å². The molecule has 0 aliphatic carbocycles. The fourth-order valence-corrected chi connectivity index (χ4v) is 2.40. The third-order valence-electron chi connectivity index (χ3n) is 3.49. The van der Waals surface area contributed by atoms with Crippen LogP contribution in [0, 0.1) is 5.92 Å². The highest BCUT2D eigenvalue weighted by molar-refractivity contribution is 6.33. The second-order valence-corrected chi connectivity index (χ2v) is 5.42. The lowest BCUT2D eigenvalue weighted by atomic mass is 10.0. The fraction of sp³-hybridized carbons (Fsp3) is 0.429. The summed E-state index contributed by atoms with van der Waals surface area (Å²) in [6, 6.07) is 3.92. The van der Waals surface area contributed by atoms with E-state index in [4.69, 9.17) is 21.4 Å². The van der Waals surface area contributed by atoms with Gasteiger partial charge in [0.2, 0.25) is 0 Å². The Hall–Kier alpha value is -1.79. The lowest BCUT2D eigenvalue weighted by Crippen LogP contribution is -2.40. The van der Waals surface area contributed by atoms with Gasteiger partial charge in [-0.1, -0.05) is 11.6 Å². The molecule has 0 saturated carbocycles. The number of hydrogen-bond donors (Lipinski definition) is 3. The summed E-state index contributed by atoms with van der Waals surface area (Å²) in [4.78, 5) is 22.9. The molecule has 0 bridgehead atoms. The summed E-state index contributed by atoms with van der Waals surface area (Å²) in [7, 11) is 0. The third-order valence-corrected chi connectivity index (χ3v) is 3.82. The first-order valence-electron chi connectivity index (χ1n) is 6.65. The van der Waals surface area contributed by atoms with E-state index in [9.17, 15) is 9.59 Å². The van der Waals surface area contributed by atoms with Crippen LogP contribution in [0.4, 0.5) is 10.5 Å². The Kier molecular flexibility index (Phi) is 5.03. The number of hydrogen-bond acceptors (Lipinski definition) is 3. The second-order valence-electron chi connectivity index (χ2n) is 5.01. The van der Waals surface area contributed by atoms with Gasteiger partial charge in [0.25, 0.3) is 0 Å². The number of ether oxygens (including phenoxy) is 1. The van der Waals surface area contributed by atoms with E-state index < -0.39 is 5.97 Å². The van der Waals surface area contributed by atoms with E-state index in [1.807, 2.05) is 6.92 Å². The van der Waals surface area contributed by atoms with Crippen LogP contribution >= 0.6 is 11.6 Å². The van der Waals surface area contributed by atoms with Gasteiger partial charge in [-0.05, 0) is 31.5 Å². The molecule has 2 unspecified atom stereocenters. The molecule has 21 heavy (non-hydrogen) atoms. The summed E-state index contributed by atoms with van der Waals surface area (Å²) >= 11 is 5.78. The van der Waals surface area contributed by atoms with Gasteiger partial charge in [0.15, 0.2) is 0 Å². The Morgan fingerprint density at radius 2 is 2.24 bits per heavy atom. The van der Waals surface area contributed by atoms with Gasteiger partial charge in [0, 0.05) is 24.3 Å². The number of anilines is 1. The number of carboxylic acids is 1. The maximum Gasteiger partial charge on any atom is 0.337 e. The molecule has 1 heterocycles. The lowest BCUT2D eigenvalue weighted by Gasteiger charge is -2.19. The van der Waals surface area contributed by atoms with Crippen molar-refractivity contribution < 1.29 is 19.4 Å². The van der Waals surface area contributed by atoms with Crippen LogP contribution < -0.4 is 10.6 Å². The van der Waals surface area contributed by atoms with Gasteiger partial charge < -0.3 is 20.5 Å². The molecule has 114 valence electrons. The number of carbonyl (C=O) groups excluding carboxylic acids is 1. The van der Waals surface area contributed by atoms with Crippen LogP contribution in [0.15, 0.2) is 18.2 Å². The Balaban J connectivity index is 1.96. The number of carboxylic acid groups (broad SMARTS) is 1. The first kappa shape index (κ1) is 15.6. The van der Waals surface area contributed by atoms with Crippen LogP contribution in [0.25, 0.3) is 0 Å². The highest BCUT2D eigenvalue weighted by Crippen LogP contribution is 2.21. The Morgan fingerprint density at radius 1 is 1.48 bits per heavy atom. The van der Waals surface area contributed by atoms with Crippen molar-refractivity contribution in [2.45, 2.75) is 19.4 Å². The predicted octanol–water partition coefficient (Wildman–Crippen LogP) is 2.58. The fourth-order valence-electron chi connectivity index (χ4n) is 2.21. The number of benzene rings is 1. The number of nitrogens with one attached hydrogen (secondary N) is 2. The van der Waals surface area contributed by atoms with Crippen LogP contribution in [0.5, 0.6) is 0 Å². The molecule has 3 N–H and O–H groups in total. The van der Waals surface area contributed by atoms with Crippen molar-refractivity contribution in [1.29, 1.82) is 0 Å². The van der Waals surface area contributed by atoms with Gasteiger partial charge in [0.1, 0.15) is 0 Å². The number of amides is 2. The molecule has 2 amide bonds. The molecular weight excluding hydrogens is 296 g/mol. The lowest BCUT2D eigenvalue weighted by molar-refractivity contribution is 0.0697. The molecular formula is C14H17ClN2O4. The smallest absolute Gasteiger partial charge is 0.337 e. The summed E-state index contributed by atoms with van der Waals surface area (Å²) < 4.78 is 5.28. The van der Waals surface area contributed by atoms with E-state index in [1.165, 1.54) is 12.1 Å². The summed E-state index contributed by atoms with van der Waals surface area (Å²) in [6.45, 7) is 3.28. The summed E-state index contributed by atoms with van der Waals surface area (Å²) in [5.41, 5.74) is 0.330. The van der Waals surface area contributed by atoms with Crippen LogP contribution in [-0.2, 0) is 4.74 Å². The molecule has 1 aliphatic heterocycles. The topological polar surface area (TPSA) is 87.7 Å². The minimum atomic E-state index is -1.14. The Labute approximate surface area is 127 Å². The quantitative estimate of drug-likeness (QED) is 0.797. The molecule has 1 aliphatic rings. The van der Waals surface area contributed by atoms with Gasteiger partial charge in [0.05, 0.1) is 17.2 Å². The zero-order valence-electron chi connectivity index (χ0n) is 11.6. The largest absolute Gasteiger partial charge is 0.478 e. The van der Waals surface area contributed by atoms with Crippen molar-refractivity contribution in [2.24, 2.45) is 5.92 Å². The maximum absolute atomic E-state index is 11.9. The number of urea groups is 1. The van der Waals surface area contributed by atoms with Crippen molar-refractivity contribution >= 4 is 29.3 Å². The minimum absolute atomic E-state index is 0.0151. The molecule has 2 rings (SSSR count). The zero-order chi connectivity index (χ0) is 15.4. The first-order valence-corrected chi connectivity index (χ1v) is 7.03. The highest BCUT2D eigenvalue weighted by Gasteiger charge is 2.23. The van der Waals surface area contributed by atoms with Crippen molar-refractivity contribution in [3.8, 4) is 0 Å². The van der Waals surface area contributed by atoms with E-state index in [-0.39, 0.29) is 22.7 Å². The van der Waals surface area contributed by atoms with Crippen molar-refractivity contribution in [3.63, 3.8) is 0 Å². The molecule has 1 saturated heterocycles. The van der Waals surface area contributed by atoms with Gasteiger partial charge in [-0.2, -0.15) is 0 Å². The maximum atomic E-state index is 11.9. The van der Waals surface area contributed by atoms with Gasteiger partial charge >= 0.3 is 12.0 Å². The van der Waals surface area contributed by atoms with Crippen molar-refractivity contribution in [3.05, 3.63) is 28.8 Å². The van der Waals surface area contributed by atoms with Gasteiger partial charge in [-0.3, -0.25) is 0 Å². The number of carbonyl (C=O) groups is 2. The first-order chi connectivity index (χ1) is 9.97. The van der Waals surface area contributed by atoms with Crippen molar-refractivity contribution in [2.75, 3.05) is 18.5 Å². The third kappa shape index (κ3) is 4.09. The number of rotatable bonds is 4. The molecule has 0 spiro atoms. The standard InChI is InChI=1S/C14H17ClN2O4/c1-8(9-4-5-21-7-9)16-14(20)17-10-2-3-12(15)11(6-10)13(18)19/h2-3,6,8-9H,4-5,7H2,1H3,(H,18,19)(H2,16,17,20). The van der Waals surface area contributed by atoms with Crippen LogP contribution in [-0.4, -0.2) is 36.4 Å². The molecule has 2 atom stereocenters. The summed E-state index contributed by atoms with van der Waals surface area (Å²) in [5.74, 6) is -0.837. The minimum Gasteiger partial charge on any atom is -0.478 e. The van der Waals surface area contributed by atoms with Crippen LogP contribution in [0.2, 0.25) is 5.02 Å². The van der Waals surface area contributed by atoms with E-state index >= 15 is 0 Å². The molecule has 1 aromatic carbocycles. The predicted molar refractivity (Wildman–Crippen MR) is 79.0 cm³/mol. The summed E-state index contributed by atoms with van der Waals surface area (Å²) in [6.07, 6.45) is 0.922. The zero-order valence-corrected chi connectivity index (χ0v) is 12.3. The van der Waals surface area contributed by atoms with Gasteiger partial charge in [-0.25, -0.2) is 9.59 Å². The molecule has 0 radical (unpaired) electrons. The molecule has 6 nitrogen and oxygen atoms in total. The molecule has 7 heteroatoms. The van der Waals surface area contributed by atoms with Crippen LogP contribution in [0.1, 0.15) is 23.7 Å². The SMILES string of the molecule is CC(NC(=O)Nc1ccc(Cl)c(C(=O)O)c1)C1CCOC1. The van der Waals surface area contributed by atoms with E-state index in [0.29, 0.717) is 18.2 Å². The molecule has 1 fully saturated rings. The summed E-state index contributed by atoms with van der Waals surface area (Å²) in [5, 5.41) is 14.5. The van der Waals surface area contributed by atoms with Gasteiger partial charge in [-0.15, -0.1) is 0 Å². The molecule has 1 aromatic rings. The number of aromatic carboxylic acids is 1. The monoisotopic (exact) mass is 312 g/mol. The number of halogens is 1. The average Bonchev–Trinajstić information content (AvgIpc) is 2.94.